The molecule has 0 aliphatic heterocycles. The van der Waals surface area contributed by atoms with Crippen LogP contribution in [0.5, 0.6) is 0 Å². The van der Waals surface area contributed by atoms with Crippen molar-refractivity contribution in [2.75, 3.05) is 6.16 Å². The summed E-state index contributed by atoms with van der Waals surface area (Å²) in [6.07, 6.45) is 10.1. The van der Waals surface area contributed by atoms with Gasteiger partial charge in [-0.05, 0) is 61.3 Å². The summed E-state index contributed by atoms with van der Waals surface area (Å²) in [6, 6.07) is 19.0. The molecule has 4 nitrogen and oxygen atoms in total. The zero-order valence-electron chi connectivity index (χ0n) is 26.9. The fourth-order valence-corrected chi connectivity index (χ4v) is 10.3. The Balaban J connectivity index is 0.000000446. The number of allylic oxidation sites excluding steroid dienone is 1. The van der Waals surface area contributed by atoms with E-state index in [1.54, 1.807) is 0 Å². The van der Waals surface area contributed by atoms with Gasteiger partial charge in [-0.1, -0.05) is 113 Å². The molecule has 0 unspecified atom stereocenters. The molecule has 2 aromatic carbocycles. The van der Waals surface area contributed by atoms with Gasteiger partial charge in [0, 0.05) is 127 Å². The number of Topliss-reactive ketones (excluding diaryl/α,β-unsaturated/α-hetero) is 1. The Hall–Kier alpha value is 1.05. The second-order valence-electron chi connectivity index (χ2n) is 12.8. The molecule has 3 fully saturated rings. The van der Waals surface area contributed by atoms with E-state index < -0.39 is 19.3 Å². The maximum Gasteiger partial charge on any atom is 0.146 e. The zero-order valence-corrected chi connectivity index (χ0v) is 36.3. The summed E-state index contributed by atoms with van der Waals surface area (Å²) < 4.78 is 13.9. The van der Waals surface area contributed by atoms with Crippen molar-refractivity contribution < 1.29 is 118 Å². The Morgan fingerprint density at radius 1 is 0.955 bits per heavy atom. The van der Waals surface area contributed by atoms with Crippen LogP contribution in [-0.4, -0.2) is 34.4 Å². The average molecular weight is 843 g/mol. The molecule has 5 rings (SSSR count). The van der Waals surface area contributed by atoms with E-state index in [1.807, 2.05) is 66.7 Å². The van der Waals surface area contributed by atoms with Gasteiger partial charge in [-0.2, -0.15) is 0 Å². The van der Waals surface area contributed by atoms with Crippen molar-refractivity contribution in [1.82, 2.24) is 0 Å². The van der Waals surface area contributed by atoms with Crippen LogP contribution in [0.2, 0.25) is 0 Å². The molecule has 8 heteroatoms. The van der Waals surface area contributed by atoms with Crippen LogP contribution in [-0.2, 0) is 107 Å². The van der Waals surface area contributed by atoms with Crippen molar-refractivity contribution in [1.29, 1.82) is 0 Å². The maximum absolute atomic E-state index is 13.9. The quantitative estimate of drug-likeness (QED) is 0.229. The first-order chi connectivity index (χ1) is 19.6. The van der Waals surface area contributed by atoms with Crippen LogP contribution in [0.25, 0.3) is 0 Å². The van der Waals surface area contributed by atoms with Crippen molar-refractivity contribution in [2.45, 2.75) is 90.8 Å². The molecule has 3 saturated carbocycles. The van der Waals surface area contributed by atoms with Gasteiger partial charge in [-0.25, -0.2) is 0 Å². The molecule has 0 bridgehead atoms. The number of carbonyl (C=O) groups is 1. The summed E-state index contributed by atoms with van der Waals surface area (Å²) in [4.78, 5) is 12.0. The third-order valence-electron chi connectivity index (χ3n) is 10.1. The van der Waals surface area contributed by atoms with E-state index in [2.05, 4.69) is 27.4 Å². The Morgan fingerprint density at radius 2 is 1.48 bits per heavy atom. The Labute approximate surface area is 341 Å². The third-order valence-corrected chi connectivity index (χ3v) is 13.1. The van der Waals surface area contributed by atoms with Gasteiger partial charge in [0.15, 0.2) is 0 Å². The predicted molar refractivity (Wildman–Crippen MR) is 170 cm³/mol. The first kappa shape index (κ1) is 43.1. The van der Waals surface area contributed by atoms with Crippen LogP contribution in [0.4, 0.5) is 0 Å². The molecule has 0 heterocycles. The van der Waals surface area contributed by atoms with E-state index in [0.29, 0.717) is 41.7 Å². The summed E-state index contributed by atoms with van der Waals surface area (Å²) in [5, 5.41) is 21.7. The molecule has 0 saturated heterocycles. The first-order valence-corrected chi connectivity index (χ1v) is 17.4. The van der Waals surface area contributed by atoms with E-state index >= 15 is 0 Å². The van der Waals surface area contributed by atoms with Gasteiger partial charge in [-0.3, -0.25) is 4.79 Å². The van der Waals surface area contributed by atoms with E-state index in [-0.39, 0.29) is 98.1 Å². The van der Waals surface area contributed by atoms with Gasteiger partial charge in [-0.15, -0.1) is 0 Å². The number of aliphatic hydroxyl groups excluding tert-OH is 2. The molecule has 0 amide bonds. The number of rotatable bonds is 7. The fraction of sp³-hybridized carbons (Fsp3) is 0.528. The molecule has 3 radical (unpaired) electrons. The Morgan fingerprint density at radius 3 is 1.98 bits per heavy atom. The summed E-state index contributed by atoms with van der Waals surface area (Å²) in [7, 11) is -2.81. The topological polar surface area (TPSA) is 74.6 Å². The molecule has 2 aromatic rings. The summed E-state index contributed by atoms with van der Waals surface area (Å²) in [6.45, 7) is 10.8. The number of benzene rings is 2. The maximum atomic E-state index is 13.9. The smallest absolute Gasteiger partial charge is 0.146 e. The minimum Gasteiger partial charge on any atom is -0.388 e. The van der Waals surface area contributed by atoms with Gasteiger partial charge in [0.2, 0.25) is 0 Å². The third kappa shape index (κ3) is 10.3. The van der Waals surface area contributed by atoms with Crippen LogP contribution in [0, 0.1) is 23.2 Å². The van der Waals surface area contributed by atoms with Gasteiger partial charge in [0.05, 0.1) is 12.2 Å². The Kier molecular flexibility index (Phi) is 19.5. The second-order valence-corrected chi connectivity index (χ2v) is 15.7. The van der Waals surface area contributed by atoms with Crippen LogP contribution in [0.15, 0.2) is 84.5 Å². The monoisotopic (exact) mass is 843 g/mol. The molecule has 0 spiro atoms. The van der Waals surface area contributed by atoms with Crippen LogP contribution >= 0.6 is 7.14 Å². The molecule has 2 N–H and O–H groups in total. The predicted octanol–water partition coefficient (Wildman–Crippen LogP) is 7.20. The second kappa shape index (κ2) is 19.9. The Bertz CT molecular complexity index is 1210. The molecule has 6 atom stereocenters. The van der Waals surface area contributed by atoms with Crippen molar-refractivity contribution >= 4 is 23.5 Å². The van der Waals surface area contributed by atoms with Crippen LogP contribution in [0.1, 0.15) is 78.6 Å². The number of ketones is 1. The molecular formula is C36H49O4PY3. The van der Waals surface area contributed by atoms with Gasteiger partial charge in [0.1, 0.15) is 12.9 Å². The molecule has 3 aliphatic rings. The molecule has 44 heavy (non-hydrogen) atoms. The van der Waals surface area contributed by atoms with Gasteiger partial charge >= 0.3 is 0 Å². The molecule has 231 valence electrons. The number of hydrogen-bond donors (Lipinski definition) is 2. The SMILES string of the molecule is C=C1[C@H](O)CC(=CCP(=O)(c2ccccc2)c2ccccc2)C[C@H]1O.CCC[C@@H](C)[C@H]1CC[C@H]2C(=O)CCC[C@]12C.[Y].[Y].[Y]. The number of hydrogen-bond acceptors (Lipinski definition) is 4. The fourth-order valence-electron chi connectivity index (χ4n) is 7.75. The first-order valence-electron chi connectivity index (χ1n) is 15.6. The molecule has 0 aromatic heterocycles. The number of fused-ring (bicyclic) bond motifs is 1. The number of carbonyl (C=O) groups excluding carboxylic acids is 1. The van der Waals surface area contributed by atoms with E-state index in [4.69, 9.17) is 0 Å². The van der Waals surface area contributed by atoms with E-state index in [9.17, 15) is 19.6 Å². The molecule has 3 aliphatic carbocycles. The number of aliphatic hydroxyl groups is 2. The van der Waals surface area contributed by atoms with Crippen molar-refractivity contribution in [3.63, 3.8) is 0 Å². The van der Waals surface area contributed by atoms with Gasteiger partial charge in [0.25, 0.3) is 0 Å². The standard InChI is InChI=1S/C21H23O3P.C15H26O.3Y/c1-16-20(22)14-17(15-21(16)23)12-13-25(24,18-8-4-2-5-9-18)19-10-6-3-7-11-19;1-4-6-11(2)12-8-9-13-14(16)7-5-10-15(12,13)3;;;/h2-12,20-23H,1,13-15H2;11-13H,4-10H2,1-3H3;;;/t20-,21-;11-,12-,13+,15-;;;/m11.../s1. The van der Waals surface area contributed by atoms with Gasteiger partial charge < -0.3 is 14.8 Å². The van der Waals surface area contributed by atoms with Crippen LogP contribution < -0.4 is 10.6 Å². The average Bonchev–Trinajstić information content (AvgIpc) is 3.34. The minimum absolute atomic E-state index is 0. The van der Waals surface area contributed by atoms with Crippen molar-refractivity contribution in [2.24, 2.45) is 23.2 Å². The van der Waals surface area contributed by atoms with Crippen molar-refractivity contribution in [3.05, 3.63) is 84.5 Å². The van der Waals surface area contributed by atoms with Crippen LogP contribution in [0.3, 0.4) is 0 Å². The summed E-state index contributed by atoms with van der Waals surface area (Å²) >= 11 is 0. The molecular weight excluding hydrogens is 794 g/mol. The zero-order chi connectivity index (χ0) is 29.6. The van der Waals surface area contributed by atoms with Crippen molar-refractivity contribution in [3.8, 4) is 0 Å². The van der Waals surface area contributed by atoms with E-state index in [0.717, 1.165) is 40.9 Å². The summed E-state index contributed by atoms with van der Waals surface area (Å²) in [5.41, 5.74) is 1.75. The summed E-state index contributed by atoms with van der Waals surface area (Å²) in [5.74, 6) is 2.60. The normalized spacial score (nSPS) is 26.9. The largest absolute Gasteiger partial charge is 0.388 e. The minimum atomic E-state index is -2.81. The van der Waals surface area contributed by atoms with E-state index in [1.165, 1.54) is 32.1 Å².